The molecule has 0 aliphatic heterocycles. The summed E-state index contributed by atoms with van der Waals surface area (Å²) >= 11 is 3.41. The third-order valence-corrected chi connectivity index (χ3v) is 4.29. The highest BCUT2D eigenvalue weighted by Gasteiger charge is 2.43. The molecule has 0 heterocycles. The van der Waals surface area contributed by atoms with Gasteiger partial charge in [0.2, 0.25) is 0 Å². The Morgan fingerprint density at radius 3 is 2.83 bits per heavy atom. The molecule has 0 N–H and O–H groups in total. The molecular weight excluding hydrogens is 292 g/mol. The molecule has 0 fully saturated rings. The lowest BCUT2D eigenvalue weighted by Gasteiger charge is -2.26. The zero-order valence-corrected chi connectivity index (χ0v) is 12.1. The van der Waals surface area contributed by atoms with E-state index in [9.17, 15) is 9.59 Å². The molecule has 1 atom stereocenters. The Morgan fingerprint density at radius 2 is 2.17 bits per heavy atom. The molecule has 0 saturated carbocycles. The molecule has 0 spiro atoms. The summed E-state index contributed by atoms with van der Waals surface area (Å²) in [5.41, 5.74) is 1.63. The van der Waals surface area contributed by atoms with Gasteiger partial charge in [-0.3, -0.25) is 4.79 Å². The van der Waals surface area contributed by atoms with E-state index in [-0.39, 0.29) is 11.2 Å². The molecule has 3 heteroatoms. The van der Waals surface area contributed by atoms with E-state index in [2.05, 4.69) is 22.9 Å². The smallest absolute Gasteiger partial charge is 0.169 e. The maximum Gasteiger partial charge on any atom is 0.169 e. The molecule has 0 aromatic heterocycles. The van der Waals surface area contributed by atoms with E-state index >= 15 is 0 Å². The maximum atomic E-state index is 12.6. The Labute approximate surface area is 116 Å². The van der Waals surface area contributed by atoms with Gasteiger partial charge >= 0.3 is 0 Å². The Morgan fingerprint density at radius 1 is 1.39 bits per heavy atom. The van der Waals surface area contributed by atoms with Crippen molar-refractivity contribution in [2.24, 2.45) is 5.41 Å². The molecule has 2 rings (SSSR count). The van der Waals surface area contributed by atoms with Crippen LogP contribution in [0, 0.1) is 5.41 Å². The van der Waals surface area contributed by atoms with E-state index in [0.717, 1.165) is 41.1 Å². The number of aldehydes is 1. The first kappa shape index (κ1) is 13.5. The van der Waals surface area contributed by atoms with Crippen molar-refractivity contribution in [2.75, 3.05) is 0 Å². The third-order valence-electron chi connectivity index (χ3n) is 3.80. The second-order valence-corrected chi connectivity index (χ2v) is 5.96. The summed E-state index contributed by atoms with van der Waals surface area (Å²) in [4.78, 5) is 23.3. The van der Waals surface area contributed by atoms with Gasteiger partial charge in [-0.2, -0.15) is 0 Å². The predicted octanol–water partition coefficient (Wildman–Crippen LogP) is 3.95. The van der Waals surface area contributed by atoms with Crippen molar-refractivity contribution in [3.05, 3.63) is 33.8 Å². The summed E-state index contributed by atoms with van der Waals surface area (Å²) in [6.45, 7) is 2.09. The number of halogens is 1. The van der Waals surface area contributed by atoms with Gasteiger partial charge in [-0.1, -0.05) is 35.3 Å². The SMILES string of the molecule is CCCC1(CCC=O)Cc2ccc(Br)cc2C1=O. The lowest BCUT2D eigenvalue weighted by atomic mass is 9.76. The fraction of sp³-hybridized carbons (Fsp3) is 0.467. The number of carbonyl (C=O) groups excluding carboxylic acids is 2. The number of fused-ring (bicyclic) bond motifs is 1. The monoisotopic (exact) mass is 308 g/mol. The number of hydrogen-bond donors (Lipinski definition) is 0. The lowest BCUT2D eigenvalue weighted by molar-refractivity contribution is -0.108. The van der Waals surface area contributed by atoms with Crippen LogP contribution in [-0.2, 0) is 11.2 Å². The highest BCUT2D eigenvalue weighted by atomic mass is 79.9. The van der Waals surface area contributed by atoms with Crippen LogP contribution in [0.25, 0.3) is 0 Å². The van der Waals surface area contributed by atoms with Gasteiger partial charge in [0.05, 0.1) is 0 Å². The Hall–Kier alpha value is -0.960. The summed E-state index contributed by atoms with van der Waals surface area (Å²) in [5.74, 6) is 0.225. The maximum absolute atomic E-state index is 12.6. The van der Waals surface area contributed by atoms with Crippen LogP contribution in [0.5, 0.6) is 0 Å². The quantitative estimate of drug-likeness (QED) is 0.772. The van der Waals surface area contributed by atoms with Gasteiger partial charge in [-0.25, -0.2) is 0 Å². The van der Waals surface area contributed by atoms with Crippen LogP contribution in [0.4, 0.5) is 0 Å². The van der Waals surface area contributed by atoms with Crippen molar-refractivity contribution >= 4 is 28.0 Å². The van der Waals surface area contributed by atoms with Crippen molar-refractivity contribution in [2.45, 2.75) is 39.0 Å². The summed E-state index contributed by atoms with van der Waals surface area (Å²) in [5, 5.41) is 0. The first-order valence-electron chi connectivity index (χ1n) is 6.40. The molecule has 0 bridgehead atoms. The number of carbonyl (C=O) groups is 2. The van der Waals surface area contributed by atoms with E-state index in [4.69, 9.17) is 0 Å². The summed E-state index contributed by atoms with van der Waals surface area (Å²) in [6.07, 6.45) is 4.70. The van der Waals surface area contributed by atoms with Crippen LogP contribution in [0.3, 0.4) is 0 Å². The standard InChI is InChI=1S/C15H17BrO2/c1-2-6-15(7-3-8-17)10-11-4-5-12(16)9-13(11)14(15)18/h4-5,8-9H,2-3,6-7,10H2,1H3. The number of ketones is 1. The van der Waals surface area contributed by atoms with Crippen molar-refractivity contribution in [1.29, 1.82) is 0 Å². The van der Waals surface area contributed by atoms with Gasteiger partial charge < -0.3 is 4.79 Å². The molecule has 2 nitrogen and oxygen atoms in total. The molecule has 1 unspecified atom stereocenters. The molecule has 96 valence electrons. The van der Waals surface area contributed by atoms with Crippen LogP contribution < -0.4 is 0 Å². The van der Waals surface area contributed by atoms with Crippen molar-refractivity contribution in [1.82, 2.24) is 0 Å². The van der Waals surface area contributed by atoms with Crippen LogP contribution >= 0.6 is 15.9 Å². The minimum atomic E-state index is -0.335. The summed E-state index contributed by atoms with van der Waals surface area (Å²) in [6, 6.07) is 5.92. The molecular formula is C15H17BrO2. The number of hydrogen-bond acceptors (Lipinski definition) is 2. The normalized spacial score (nSPS) is 22.0. The minimum Gasteiger partial charge on any atom is -0.303 e. The molecule has 0 radical (unpaired) electrons. The van der Waals surface area contributed by atoms with Gasteiger partial charge in [0.1, 0.15) is 6.29 Å². The van der Waals surface area contributed by atoms with Crippen molar-refractivity contribution < 1.29 is 9.59 Å². The number of benzene rings is 1. The molecule has 1 aliphatic rings. The summed E-state index contributed by atoms with van der Waals surface area (Å²) in [7, 11) is 0. The second kappa shape index (κ2) is 5.35. The lowest BCUT2D eigenvalue weighted by Crippen LogP contribution is -2.28. The van der Waals surface area contributed by atoms with Crippen LogP contribution in [0.15, 0.2) is 22.7 Å². The average Bonchev–Trinajstić information content (AvgIpc) is 2.62. The fourth-order valence-electron chi connectivity index (χ4n) is 2.99. The Bertz CT molecular complexity index is 481. The van der Waals surface area contributed by atoms with Gasteiger partial charge in [-0.05, 0) is 37.0 Å². The van der Waals surface area contributed by atoms with E-state index in [0.29, 0.717) is 12.8 Å². The molecule has 18 heavy (non-hydrogen) atoms. The first-order valence-corrected chi connectivity index (χ1v) is 7.19. The van der Waals surface area contributed by atoms with Crippen molar-refractivity contribution in [3.63, 3.8) is 0 Å². The minimum absolute atomic E-state index is 0.225. The van der Waals surface area contributed by atoms with Gasteiger partial charge in [0, 0.05) is 21.9 Å². The van der Waals surface area contributed by atoms with Crippen LogP contribution in [0.2, 0.25) is 0 Å². The fourth-order valence-corrected chi connectivity index (χ4v) is 3.35. The van der Waals surface area contributed by atoms with Gasteiger partial charge in [-0.15, -0.1) is 0 Å². The topological polar surface area (TPSA) is 34.1 Å². The molecule has 1 aromatic carbocycles. The number of rotatable bonds is 5. The average molecular weight is 309 g/mol. The van der Waals surface area contributed by atoms with Gasteiger partial charge in [0.25, 0.3) is 0 Å². The zero-order valence-electron chi connectivity index (χ0n) is 10.5. The summed E-state index contributed by atoms with van der Waals surface area (Å²) < 4.78 is 0.942. The van der Waals surface area contributed by atoms with E-state index < -0.39 is 0 Å². The molecule has 1 aromatic rings. The largest absolute Gasteiger partial charge is 0.303 e. The molecule has 0 saturated heterocycles. The molecule has 1 aliphatic carbocycles. The van der Waals surface area contributed by atoms with Crippen molar-refractivity contribution in [3.8, 4) is 0 Å². The highest BCUT2D eigenvalue weighted by Crippen LogP contribution is 2.44. The Balaban J connectivity index is 2.35. The van der Waals surface area contributed by atoms with Gasteiger partial charge in [0.15, 0.2) is 5.78 Å². The van der Waals surface area contributed by atoms with Crippen LogP contribution in [-0.4, -0.2) is 12.1 Å². The number of Topliss-reactive ketones (excluding diaryl/α,β-unsaturated/α-hetero) is 1. The third kappa shape index (κ3) is 2.28. The van der Waals surface area contributed by atoms with Crippen LogP contribution in [0.1, 0.15) is 48.5 Å². The zero-order chi connectivity index (χ0) is 13.2. The second-order valence-electron chi connectivity index (χ2n) is 5.04. The van der Waals surface area contributed by atoms with E-state index in [1.165, 1.54) is 0 Å². The highest BCUT2D eigenvalue weighted by molar-refractivity contribution is 9.10. The van der Waals surface area contributed by atoms with E-state index in [1.54, 1.807) is 0 Å². The molecule has 0 amide bonds. The van der Waals surface area contributed by atoms with E-state index in [1.807, 2.05) is 18.2 Å². The Kier molecular flexibility index (Phi) is 4.00. The predicted molar refractivity (Wildman–Crippen MR) is 74.8 cm³/mol. The first-order chi connectivity index (χ1) is 8.63.